The van der Waals surface area contributed by atoms with Gasteiger partial charge < -0.3 is 19.7 Å². The van der Waals surface area contributed by atoms with Crippen LogP contribution in [0.1, 0.15) is 71.1 Å². The third kappa shape index (κ3) is 3.95. The van der Waals surface area contributed by atoms with Crippen molar-refractivity contribution in [3.05, 3.63) is 70.3 Å². The average Bonchev–Trinajstić information content (AvgIpc) is 2.88. The molecule has 3 aliphatic rings. The summed E-state index contributed by atoms with van der Waals surface area (Å²) >= 11 is 0. The van der Waals surface area contributed by atoms with Gasteiger partial charge in [-0.1, -0.05) is 35.9 Å². The third-order valence-corrected chi connectivity index (χ3v) is 7.44. The van der Waals surface area contributed by atoms with Crippen molar-refractivity contribution in [1.29, 1.82) is 0 Å². The van der Waals surface area contributed by atoms with Gasteiger partial charge in [0.25, 0.3) is 5.91 Å². The van der Waals surface area contributed by atoms with E-state index in [2.05, 4.69) is 23.5 Å². The van der Waals surface area contributed by atoms with Crippen LogP contribution in [0.5, 0.6) is 11.5 Å². The smallest absolute Gasteiger partial charge is 0.254 e. The van der Waals surface area contributed by atoms with E-state index in [9.17, 15) is 9.59 Å². The lowest BCUT2D eigenvalue weighted by molar-refractivity contribution is -0.124. The van der Waals surface area contributed by atoms with Gasteiger partial charge in [-0.05, 0) is 67.3 Å². The summed E-state index contributed by atoms with van der Waals surface area (Å²) < 4.78 is 11.0. The molecule has 34 heavy (non-hydrogen) atoms. The van der Waals surface area contributed by atoms with Crippen LogP contribution in [0.4, 0.5) is 0 Å². The fourth-order valence-corrected chi connectivity index (χ4v) is 5.72. The van der Waals surface area contributed by atoms with E-state index in [0.29, 0.717) is 35.7 Å². The third-order valence-electron chi connectivity index (χ3n) is 7.44. The van der Waals surface area contributed by atoms with Crippen LogP contribution in [0.2, 0.25) is 0 Å². The van der Waals surface area contributed by atoms with Crippen molar-refractivity contribution in [2.75, 3.05) is 27.3 Å². The number of nitrogens with zero attached hydrogens (tertiary/aromatic N) is 1. The van der Waals surface area contributed by atoms with E-state index in [1.807, 2.05) is 23.1 Å². The Labute approximate surface area is 200 Å². The van der Waals surface area contributed by atoms with E-state index in [-0.39, 0.29) is 17.9 Å². The Hall–Kier alpha value is -3.28. The lowest BCUT2D eigenvalue weighted by atomic mass is 9.75. The molecule has 2 atom stereocenters. The summed E-state index contributed by atoms with van der Waals surface area (Å²) in [6.07, 6.45) is 8.72. The van der Waals surface area contributed by atoms with E-state index in [1.54, 1.807) is 20.3 Å². The first kappa shape index (κ1) is 22.5. The molecule has 178 valence electrons. The van der Waals surface area contributed by atoms with Gasteiger partial charge in [-0.3, -0.25) is 9.59 Å². The summed E-state index contributed by atoms with van der Waals surface area (Å²) in [4.78, 5) is 29.3. The summed E-state index contributed by atoms with van der Waals surface area (Å²) in [5, 5.41) is 3.20. The number of carbonyl (C=O) groups excluding carboxylic acids is 2. The molecule has 2 aromatic carbocycles. The molecule has 2 amide bonds. The zero-order valence-electron chi connectivity index (χ0n) is 19.9. The number of amides is 2. The number of carbonyl (C=O) groups is 2. The molecule has 0 fully saturated rings. The minimum absolute atomic E-state index is 0.0518. The highest BCUT2D eigenvalue weighted by atomic mass is 16.5. The molecule has 1 N–H and O–H groups in total. The molecule has 0 aromatic heterocycles. The second kappa shape index (κ2) is 9.53. The maximum absolute atomic E-state index is 13.8. The van der Waals surface area contributed by atoms with Gasteiger partial charge in [0.1, 0.15) is 0 Å². The van der Waals surface area contributed by atoms with Crippen molar-refractivity contribution in [2.24, 2.45) is 0 Å². The molecule has 6 heteroatoms. The van der Waals surface area contributed by atoms with Crippen molar-refractivity contribution >= 4 is 11.8 Å². The number of hydrogen-bond donors (Lipinski definition) is 1. The molecular formula is C28H32N2O4. The molecule has 2 aliphatic heterocycles. The highest BCUT2D eigenvalue weighted by Crippen LogP contribution is 2.48. The fourth-order valence-electron chi connectivity index (χ4n) is 5.72. The number of benzene rings is 2. The zero-order chi connectivity index (χ0) is 23.7. The topological polar surface area (TPSA) is 67.9 Å². The molecule has 0 bridgehead atoms. The van der Waals surface area contributed by atoms with Crippen LogP contribution in [0, 0.1) is 0 Å². The molecular weight excluding hydrogens is 428 g/mol. The molecule has 6 nitrogen and oxygen atoms in total. The Morgan fingerprint density at radius 2 is 1.85 bits per heavy atom. The van der Waals surface area contributed by atoms with Gasteiger partial charge in [0.15, 0.2) is 11.5 Å². The summed E-state index contributed by atoms with van der Waals surface area (Å²) in [7, 11) is 3.13. The standard InChI is InChI=1S/C28H32N2O4/c1-33-23-16-21-22(17-24(23)34-2)28(32)30-15-13-19-10-6-7-11-20(19)26(30)25(21)27(31)29-14-12-18-8-4-3-5-9-18/h6-8,10-11,16-17,25-26H,3-5,9,12-15H2,1-2H3,(H,29,31)/t25-,26-/m0/s1. The van der Waals surface area contributed by atoms with Crippen molar-refractivity contribution in [3.8, 4) is 11.5 Å². The number of nitrogens with one attached hydrogen (secondary N) is 1. The summed E-state index contributed by atoms with van der Waals surface area (Å²) in [6, 6.07) is 11.4. The lowest BCUT2D eigenvalue weighted by Gasteiger charge is -2.45. The van der Waals surface area contributed by atoms with Crippen molar-refractivity contribution in [3.63, 3.8) is 0 Å². The van der Waals surface area contributed by atoms with Crippen LogP contribution in [0.3, 0.4) is 0 Å². The van der Waals surface area contributed by atoms with Crippen LogP contribution in [-0.4, -0.2) is 44.0 Å². The number of methoxy groups -OCH3 is 2. The van der Waals surface area contributed by atoms with E-state index in [4.69, 9.17) is 9.47 Å². The van der Waals surface area contributed by atoms with E-state index >= 15 is 0 Å². The van der Waals surface area contributed by atoms with Crippen molar-refractivity contribution in [1.82, 2.24) is 10.2 Å². The van der Waals surface area contributed by atoms with E-state index in [1.165, 1.54) is 24.0 Å². The SMILES string of the molecule is COc1cc2c(cc1OC)[C@H](C(=O)NCCC1=CCCCC1)[C@@H]1c3ccccc3CCN1C2=O. The summed E-state index contributed by atoms with van der Waals surface area (Å²) in [6.45, 7) is 1.19. The number of fused-ring (bicyclic) bond motifs is 4. The van der Waals surface area contributed by atoms with Crippen LogP contribution in [-0.2, 0) is 11.2 Å². The lowest BCUT2D eigenvalue weighted by Crippen LogP contribution is -2.50. The van der Waals surface area contributed by atoms with Crippen LogP contribution in [0.15, 0.2) is 48.0 Å². The van der Waals surface area contributed by atoms with Crippen LogP contribution >= 0.6 is 0 Å². The minimum Gasteiger partial charge on any atom is -0.493 e. The average molecular weight is 461 g/mol. The molecule has 2 aromatic rings. The first-order valence-electron chi connectivity index (χ1n) is 12.2. The molecule has 1 aliphatic carbocycles. The van der Waals surface area contributed by atoms with Gasteiger partial charge in [0.05, 0.1) is 26.2 Å². The zero-order valence-corrected chi connectivity index (χ0v) is 19.9. The van der Waals surface area contributed by atoms with Gasteiger partial charge in [0, 0.05) is 18.7 Å². The summed E-state index contributed by atoms with van der Waals surface area (Å²) in [5.41, 5.74) is 4.91. The molecule has 0 saturated carbocycles. The Kier molecular flexibility index (Phi) is 6.31. The predicted molar refractivity (Wildman–Crippen MR) is 130 cm³/mol. The van der Waals surface area contributed by atoms with Gasteiger partial charge in [-0.2, -0.15) is 0 Å². The van der Waals surface area contributed by atoms with Gasteiger partial charge in [0.2, 0.25) is 5.91 Å². The van der Waals surface area contributed by atoms with Gasteiger partial charge >= 0.3 is 0 Å². The monoisotopic (exact) mass is 460 g/mol. The first-order chi connectivity index (χ1) is 16.6. The predicted octanol–water partition coefficient (Wildman–Crippen LogP) is 4.55. The molecule has 0 spiro atoms. The second-order valence-electron chi connectivity index (χ2n) is 9.31. The number of ether oxygens (including phenoxy) is 2. The second-order valence-corrected chi connectivity index (χ2v) is 9.31. The Bertz CT molecular complexity index is 1140. The number of hydrogen-bond acceptors (Lipinski definition) is 4. The minimum atomic E-state index is -0.519. The molecule has 0 radical (unpaired) electrons. The van der Waals surface area contributed by atoms with Crippen molar-refractivity contribution in [2.45, 2.75) is 50.5 Å². The molecule has 2 heterocycles. The van der Waals surface area contributed by atoms with E-state index < -0.39 is 5.92 Å². The quantitative estimate of drug-likeness (QED) is 0.643. The van der Waals surface area contributed by atoms with Crippen LogP contribution < -0.4 is 14.8 Å². The molecule has 5 rings (SSSR count). The first-order valence-corrected chi connectivity index (χ1v) is 12.2. The maximum Gasteiger partial charge on any atom is 0.254 e. The molecule has 0 saturated heterocycles. The van der Waals surface area contributed by atoms with Gasteiger partial charge in [-0.15, -0.1) is 0 Å². The van der Waals surface area contributed by atoms with E-state index in [0.717, 1.165) is 31.2 Å². The largest absolute Gasteiger partial charge is 0.493 e. The fraction of sp³-hybridized carbons (Fsp3) is 0.429. The summed E-state index contributed by atoms with van der Waals surface area (Å²) in [5.74, 6) is 0.385. The number of rotatable bonds is 6. The highest BCUT2D eigenvalue weighted by molar-refractivity contribution is 6.02. The van der Waals surface area contributed by atoms with Crippen molar-refractivity contribution < 1.29 is 19.1 Å². The van der Waals surface area contributed by atoms with Crippen LogP contribution in [0.25, 0.3) is 0 Å². The Morgan fingerprint density at radius 3 is 2.62 bits per heavy atom. The van der Waals surface area contributed by atoms with Gasteiger partial charge in [-0.25, -0.2) is 0 Å². The number of allylic oxidation sites excluding steroid dienone is 1. The maximum atomic E-state index is 13.8. The Morgan fingerprint density at radius 1 is 1.06 bits per heavy atom. The normalized spacial score (nSPS) is 21.1. The highest BCUT2D eigenvalue weighted by Gasteiger charge is 2.46. The molecule has 0 unspecified atom stereocenters. The Balaban J connectivity index is 1.53.